The third kappa shape index (κ3) is 3.96. The SMILES string of the molecule is [B]c1cc(C(=O)O)c#cc1OC(C)(C)c1nnc(-c2ccccc2C(F)(F)F)n1C. The molecule has 0 atom stereocenters. The van der Waals surface area contributed by atoms with Crippen molar-refractivity contribution < 1.29 is 27.8 Å². The molecular weight excluding hydrogens is 398 g/mol. The Morgan fingerprint density at radius 3 is 2.47 bits per heavy atom. The topological polar surface area (TPSA) is 77.2 Å². The number of rotatable bonds is 5. The van der Waals surface area contributed by atoms with Crippen molar-refractivity contribution in [3.63, 3.8) is 0 Å². The van der Waals surface area contributed by atoms with Crippen LogP contribution in [0.3, 0.4) is 0 Å². The zero-order valence-corrected chi connectivity index (χ0v) is 16.2. The van der Waals surface area contributed by atoms with Crippen LogP contribution in [0, 0.1) is 12.1 Å². The van der Waals surface area contributed by atoms with Crippen LogP contribution in [0.2, 0.25) is 0 Å². The number of hydrogen-bond donors (Lipinski definition) is 1. The summed E-state index contributed by atoms with van der Waals surface area (Å²) in [5.41, 5.74) is -2.29. The first-order valence-corrected chi connectivity index (χ1v) is 8.64. The smallest absolute Gasteiger partial charge is 0.417 e. The Morgan fingerprint density at radius 1 is 1.20 bits per heavy atom. The lowest BCUT2D eigenvalue weighted by Gasteiger charge is -2.25. The quantitative estimate of drug-likeness (QED) is 0.651. The molecule has 1 heterocycles. The van der Waals surface area contributed by atoms with Crippen LogP contribution in [-0.4, -0.2) is 33.7 Å². The summed E-state index contributed by atoms with van der Waals surface area (Å²) < 4.78 is 47.4. The minimum atomic E-state index is -4.56. The molecule has 0 saturated carbocycles. The molecule has 2 aromatic carbocycles. The number of halogens is 3. The number of nitrogens with zero attached hydrogens (tertiary/aromatic N) is 3. The maximum absolute atomic E-state index is 13.4. The highest BCUT2D eigenvalue weighted by atomic mass is 19.4. The fraction of sp³-hybridized carbons (Fsp3) is 0.250. The van der Waals surface area contributed by atoms with Crippen molar-refractivity contribution in [3.05, 3.63) is 59.4 Å². The van der Waals surface area contributed by atoms with E-state index in [1.807, 2.05) is 0 Å². The predicted octanol–water partition coefficient (Wildman–Crippen LogP) is 2.91. The average Bonchev–Trinajstić information content (AvgIpc) is 3.04. The first kappa shape index (κ1) is 21.2. The molecule has 1 aromatic heterocycles. The molecule has 0 aliphatic heterocycles. The summed E-state index contributed by atoms with van der Waals surface area (Å²) in [6.07, 6.45) is -4.56. The van der Waals surface area contributed by atoms with Crippen molar-refractivity contribution >= 4 is 19.3 Å². The summed E-state index contributed by atoms with van der Waals surface area (Å²) >= 11 is 0. The van der Waals surface area contributed by atoms with Gasteiger partial charge in [-0.05, 0) is 37.5 Å². The molecule has 0 fully saturated rings. The van der Waals surface area contributed by atoms with Crippen LogP contribution < -0.4 is 10.2 Å². The average molecular weight is 413 g/mol. The van der Waals surface area contributed by atoms with Gasteiger partial charge in [0.2, 0.25) is 0 Å². The zero-order chi connectivity index (χ0) is 22.3. The first-order valence-electron chi connectivity index (χ1n) is 8.64. The van der Waals surface area contributed by atoms with E-state index in [1.165, 1.54) is 35.9 Å². The lowest BCUT2D eigenvalue weighted by molar-refractivity contribution is -0.137. The van der Waals surface area contributed by atoms with Gasteiger partial charge in [-0.2, -0.15) is 13.2 Å². The molecule has 3 rings (SSSR count). The highest BCUT2D eigenvalue weighted by molar-refractivity contribution is 6.34. The molecule has 30 heavy (non-hydrogen) atoms. The molecular formula is C20H15BF3N3O3. The van der Waals surface area contributed by atoms with Gasteiger partial charge in [-0.3, -0.25) is 0 Å². The zero-order valence-electron chi connectivity index (χ0n) is 16.2. The molecule has 0 spiro atoms. The maximum Gasteiger partial charge on any atom is 0.417 e. The summed E-state index contributed by atoms with van der Waals surface area (Å²) in [5, 5.41) is 16.9. The van der Waals surface area contributed by atoms with Crippen LogP contribution in [0.5, 0.6) is 5.75 Å². The van der Waals surface area contributed by atoms with E-state index < -0.39 is 23.3 Å². The second-order valence-corrected chi connectivity index (χ2v) is 6.96. The van der Waals surface area contributed by atoms with Gasteiger partial charge >= 0.3 is 12.1 Å². The molecule has 0 amide bonds. The number of aromatic nitrogens is 3. The molecule has 3 aromatic rings. The van der Waals surface area contributed by atoms with E-state index in [0.29, 0.717) is 0 Å². The number of carboxylic acid groups (broad SMARTS) is 1. The Bertz CT molecular complexity index is 1110. The number of benzene rings is 1. The second-order valence-electron chi connectivity index (χ2n) is 6.96. The maximum atomic E-state index is 13.4. The number of aromatic carboxylic acids is 1. The third-order valence-corrected chi connectivity index (χ3v) is 4.35. The molecule has 0 unspecified atom stereocenters. The normalized spacial score (nSPS) is 11.8. The molecule has 2 radical (unpaired) electrons. The summed E-state index contributed by atoms with van der Waals surface area (Å²) in [6.45, 7) is 3.24. The van der Waals surface area contributed by atoms with Crippen LogP contribution >= 0.6 is 0 Å². The van der Waals surface area contributed by atoms with Crippen LogP contribution in [-0.2, 0) is 18.8 Å². The van der Waals surface area contributed by atoms with Gasteiger partial charge in [0.15, 0.2) is 23.0 Å². The third-order valence-electron chi connectivity index (χ3n) is 4.35. The van der Waals surface area contributed by atoms with E-state index in [1.54, 1.807) is 13.8 Å². The van der Waals surface area contributed by atoms with Gasteiger partial charge in [0.1, 0.15) is 13.4 Å². The van der Waals surface area contributed by atoms with Gasteiger partial charge in [-0.25, -0.2) is 4.79 Å². The molecule has 0 bridgehead atoms. The summed E-state index contributed by atoms with van der Waals surface area (Å²) in [4.78, 5) is 11.0. The fourth-order valence-corrected chi connectivity index (χ4v) is 2.97. The van der Waals surface area contributed by atoms with Gasteiger partial charge in [-0.15, -0.1) is 10.2 Å². The van der Waals surface area contributed by atoms with Crippen molar-refractivity contribution in [2.24, 2.45) is 7.05 Å². The van der Waals surface area contributed by atoms with E-state index in [9.17, 15) is 18.0 Å². The molecule has 1 N–H and O–H groups in total. The van der Waals surface area contributed by atoms with Gasteiger partial charge in [-0.1, -0.05) is 24.3 Å². The van der Waals surface area contributed by atoms with Gasteiger partial charge in [0.05, 0.1) is 5.56 Å². The van der Waals surface area contributed by atoms with Gasteiger partial charge in [0.25, 0.3) is 0 Å². The Balaban J connectivity index is 1.99. The lowest BCUT2D eigenvalue weighted by Crippen LogP contribution is -2.31. The number of ether oxygens (including phenoxy) is 1. The van der Waals surface area contributed by atoms with Gasteiger partial charge < -0.3 is 14.4 Å². The van der Waals surface area contributed by atoms with Gasteiger partial charge in [0, 0.05) is 12.6 Å². The van der Waals surface area contributed by atoms with Crippen molar-refractivity contribution in [1.29, 1.82) is 0 Å². The molecule has 10 heteroatoms. The Morgan fingerprint density at radius 2 is 1.87 bits per heavy atom. The number of carbonyl (C=O) groups is 1. The molecule has 0 saturated heterocycles. The number of alkyl halides is 3. The first-order chi connectivity index (χ1) is 13.9. The minimum absolute atomic E-state index is 0.0133. The Hall–Kier alpha value is -3.48. The van der Waals surface area contributed by atoms with E-state index in [-0.39, 0.29) is 34.0 Å². The monoisotopic (exact) mass is 413 g/mol. The predicted molar refractivity (Wildman–Crippen MR) is 102 cm³/mol. The minimum Gasteiger partial charge on any atom is -0.477 e. The fourth-order valence-electron chi connectivity index (χ4n) is 2.97. The van der Waals surface area contributed by atoms with E-state index in [2.05, 4.69) is 22.3 Å². The van der Waals surface area contributed by atoms with Crippen LogP contribution in [0.1, 0.15) is 35.6 Å². The van der Waals surface area contributed by atoms with Crippen molar-refractivity contribution in [3.8, 4) is 17.1 Å². The van der Waals surface area contributed by atoms with Crippen LogP contribution in [0.4, 0.5) is 13.2 Å². The number of carboxylic acids is 1. The highest BCUT2D eigenvalue weighted by Crippen LogP contribution is 2.37. The summed E-state index contributed by atoms with van der Waals surface area (Å²) in [5.74, 6) is -0.945. The number of hydrogen-bond acceptors (Lipinski definition) is 4. The van der Waals surface area contributed by atoms with E-state index in [4.69, 9.17) is 17.7 Å². The lowest BCUT2D eigenvalue weighted by atomic mass is 9.94. The molecule has 6 nitrogen and oxygen atoms in total. The summed E-state index contributed by atoms with van der Waals surface area (Å²) in [7, 11) is 7.36. The van der Waals surface area contributed by atoms with Crippen molar-refractivity contribution in [1.82, 2.24) is 14.8 Å². The summed E-state index contributed by atoms with van der Waals surface area (Å²) in [6, 6.07) is 11.2. The van der Waals surface area contributed by atoms with E-state index >= 15 is 0 Å². The van der Waals surface area contributed by atoms with Crippen LogP contribution in [0.25, 0.3) is 11.4 Å². The molecule has 0 aliphatic rings. The van der Waals surface area contributed by atoms with Crippen LogP contribution in [0.15, 0.2) is 30.3 Å². The molecule has 0 aliphatic carbocycles. The van der Waals surface area contributed by atoms with E-state index in [0.717, 1.165) is 6.07 Å². The standard InChI is InChI=1S/C20H15BF3N3O3/c1-19(2,30-15-9-8-11(17(28)29)10-14(15)21)18-26-25-16(27(18)3)12-6-4-5-7-13(12)20(22,23)24/h4-7,10H,1-3H3,(H,28,29). The Kier molecular flexibility index (Phi) is 5.24. The van der Waals surface area contributed by atoms with Crippen molar-refractivity contribution in [2.45, 2.75) is 25.6 Å². The highest BCUT2D eigenvalue weighted by Gasteiger charge is 2.36. The second kappa shape index (κ2) is 7.41. The molecule has 152 valence electrons. The largest absolute Gasteiger partial charge is 0.477 e. The Labute approximate surface area is 171 Å². The van der Waals surface area contributed by atoms with Crippen molar-refractivity contribution in [2.75, 3.05) is 0 Å².